The lowest BCUT2D eigenvalue weighted by atomic mass is 9.83. The molecule has 1 aromatic rings. The summed E-state index contributed by atoms with van der Waals surface area (Å²) in [4.78, 5) is 0. The van der Waals surface area contributed by atoms with Crippen LogP contribution in [0.1, 0.15) is 37.2 Å². The van der Waals surface area contributed by atoms with Gasteiger partial charge in [0.25, 0.3) is 0 Å². The van der Waals surface area contributed by atoms with Gasteiger partial charge >= 0.3 is 0 Å². The van der Waals surface area contributed by atoms with Crippen molar-refractivity contribution in [2.75, 3.05) is 0 Å². The Morgan fingerprint density at radius 3 is 2.60 bits per heavy atom. The standard InChI is InChI=1S/C13H16O2/c14-10-3-4-13(15)12(7-10)11-6-8-1-2-9(11)5-8/h3-4,7-9,11,14-15H,1-2,5-6H2/t8-,9-,11+/m1/s1. The largest absolute Gasteiger partial charge is 0.508 e. The topological polar surface area (TPSA) is 40.5 Å². The number of benzene rings is 1. The van der Waals surface area contributed by atoms with Crippen molar-refractivity contribution in [1.82, 2.24) is 0 Å². The van der Waals surface area contributed by atoms with E-state index in [4.69, 9.17) is 0 Å². The van der Waals surface area contributed by atoms with E-state index in [-0.39, 0.29) is 5.75 Å². The smallest absolute Gasteiger partial charge is 0.119 e. The van der Waals surface area contributed by atoms with Crippen LogP contribution in [0.15, 0.2) is 18.2 Å². The fourth-order valence-electron chi connectivity index (χ4n) is 3.46. The maximum Gasteiger partial charge on any atom is 0.119 e. The van der Waals surface area contributed by atoms with Gasteiger partial charge in [0.15, 0.2) is 0 Å². The maximum absolute atomic E-state index is 9.81. The summed E-state index contributed by atoms with van der Waals surface area (Å²) in [6.45, 7) is 0. The molecule has 1 aromatic carbocycles. The Morgan fingerprint density at radius 1 is 1.07 bits per heavy atom. The molecule has 0 heterocycles. The Kier molecular flexibility index (Phi) is 1.91. The first kappa shape index (κ1) is 9.08. The summed E-state index contributed by atoms with van der Waals surface area (Å²) in [5.41, 5.74) is 0.960. The summed E-state index contributed by atoms with van der Waals surface area (Å²) >= 11 is 0. The maximum atomic E-state index is 9.81. The van der Waals surface area contributed by atoms with Crippen molar-refractivity contribution in [3.05, 3.63) is 23.8 Å². The minimum Gasteiger partial charge on any atom is -0.508 e. The molecule has 0 aliphatic heterocycles. The molecular weight excluding hydrogens is 188 g/mol. The van der Waals surface area contributed by atoms with Crippen molar-refractivity contribution in [1.29, 1.82) is 0 Å². The quantitative estimate of drug-likeness (QED) is 0.690. The predicted molar refractivity (Wildman–Crippen MR) is 58.0 cm³/mol. The number of phenolic OH excluding ortho intramolecular Hbond substituents is 2. The number of phenols is 2. The van der Waals surface area contributed by atoms with Crippen LogP contribution in [0.5, 0.6) is 11.5 Å². The van der Waals surface area contributed by atoms with Crippen LogP contribution in [-0.4, -0.2) is 10.2 Å². The molecule has 0 unspecified atom stereocenters. The van der Waals surface area contributed by atoms with Crippen LogP contribution in [0.4, 0.5) is 0 Å². The second kappa shape index (κ2) is 3.16. The number of fused-ring (bicyclic) bond motifs is 2. The first-order valence-electron chi connectivity index (χ1n) is 5.76. The Morgan fingerprint density at radius 2 is 1.93 bits per heavy atom. The van der Waals surface area contributed by atoms with Gasteiger partial charge in [0.05, 0.1) is 0 Å². The molecular formula is C13H16O2. The lowest BCUT2D eigenvalue weighted by Gasteiger charge is -2.22. The minimum atomic E-state index is 0.269. The second-order valence-electron chi connectivity index (χ2n) is 5.02. The Hall–Kier alpha value is -1.18. The van der Waals surface area contributed by atoms with Crippen molar-refractivity contribution in [3.8, 4) is 11.5 Å². The SMILES string of the molecule is Oc1ccc(O)c([C@H]2C[C@@H]3CC[C@@H]2C3)c1. The van der Waals surface area contributed by atoms with Gasteiger partial charge in [-0.25, -0.2) is 0 Å². The van der Waals surface area contributed by atoms with E-state index >= 15 is 0 Å². The minimum absolute atomic E-state index is 0.269. The van der Waals surface area contributed by atoms with Gasteiger partial charge in [-0.3, -0.25) is 0 Å². The molecule has 2 aliphatic rings. The zero-order chi connectivity index (χ0) is 10.4. The second-order valence-corrected chi connectivity index (χ2v) is 5.02. The number of aromatic hydroxyl groups is 2. The highest BCUT2D eigenvalue weighted by molar-refractivity contribution is 5.42. The first-order chi connectivity index (χ1) is 7.24. The van der Waals surface area contributed by atoms with E-state index < -0.39 is 0 Å². The molecule has 2 heteroatoms. The van der Waals surface area contributed by atoms with Crippen molar-refractivity contribution in [2.24, 2.45) is 11.8 Å². The summed E-state index contributed by atoms with van der Waals surface area (Å²) in [6, 6.07) is 4.89. The predicted octanol–water partition coefficient (Wildman–Crippen LogP) is 3.00. The van der Waals surface area contributed by atoms with Crippen LogP contribution in [-0.2, 0) is 0 Å². The molecule has 0 saturated heterocycles. The fourth-order valence-corrected chi connectivity index (χ4v) is 3.46. The molecule has 2 fully saturated rings. The van der Waals surface area contributed by atoms with Crippen LogP contribution < -0.4 is 0 Å². The van der Waals surface area contributed by atoms with E-state index in [1.807, 2.05) is 0 Å². The van der Waals surface area contributed by atoms with Crippen LogP contribution in [0.3, 0.4) is 0 Å². The summed E-state index contributed by atoms with van der Waals surface area (Å²) < 4.78 is 0. The third kappa shape index (κ3) is 1.39. The van der Waals surface area contributed by atoms with Crippen LogP contribution in [0.25, 0.3) is 0 Å². The molecule has 2 nitrogen and oxygen atoms in total. The molecule has 80 valence electrons. The summed E-state index contributed by atoms with van der Waals surface area (Å²) in [6.07, 6.45) is 5.17. The summed E-state index contributed by atoms with van der Waals surface area (Å²) in [5.74, 6) is 2.70. The third-order valence-electron chi connectivity index (χ3n) is 4.15. The van der Waals surface area contributed by atoms with Crippen molar-refractivity contribution >= 4 is 0 Å². The molecule has 3 rings (SSSR count). The normalized spacial score (nSPS) is 33.5. The summed E-state index contributed by atoms with van der Waals surface area (Å²) in [5, 5.41) is 19.3. The monoisotopic (exact) mass is 204 g/mol. The highest BCUT2D eigenvalue weighted by atomic mass is 16.3. The number of hydrogen-bond donors (Lipinski definition) is 2. The zero-order valence-electron chi connectivity index (χ0n) is 8.69. The average molecular weight is 204 g/mol. The molecule has 0 spiro atoms. The Bertz CT molecular complexity index is 386. The fraction of sp³-hybridized carbons (Fsp3) is 0.538. The van der Waals surface area contributed by atoms with Gasteiger partial charge < -0.3 is 10.2 Å². The van der Waals surface area contributed by atoms with Gasteiger partial charge in [-0.15, -0.1) is 0 Å². The van der Waals surface area contributed by atoms with Crippen molar-refractivity contribution < 1.29 is 10.2 Å². The molecule has 2 N–H and O–H groups in total. The molecule has 15 heavy (non-hydrogen) atoms. The number of rotatable bonds is 1. The van der Waals surface area contributed by atoms with Gasteiger partial charge in [0, 0.05) is 5.56 Å². The Balaban J connectivity index is 1.96. The van der Waals surface area contributed by atoms with Gasteiger partial charge in [0.2, 0.25) is 0 Å². The molecule has 0 amide bonds. The first-order valence-corrected chi connectivity index (χ1v) is 5.76. The lowest BCUT2D eigenvalue weighted by Crippen LogP contribution is -2.08. The van der Waals surface area contributed by atoms with Crippen LogP contribution in [0, 0.1) is 11.8 Å². The van der Waals surface area contributed by atoms with Gasteiger partial charge in [-0.2, -0.15) is 0 Å². The van der Waals surface area contributed by atoms with Crippen molar-refractivity contribution in [2.45, 2.75) is 31.6 Å². The molecule has 3 atom stereocenters. The highest BCUT2D eigenvalue weighted by Gasteiger charge is 2.41. The zero-order valence-corrected chi connectivity index (χ0v) is 8.69. The van der Waals surface area contributed by atoms with E-state index in [0.29, 0.717) is 11.7 Å². The average Bonchev–Trinajstić information content (AvgIpc) is 2.83. The third-order valence-corrected chi connectivity index (χ3v) is 4.15. The molecule has 2 saturated carbocycles. The number of hydrogen-bond acceptors (Lipinski definition) is 2. The van der Waals surface area contributed by atoms with E-state index in [1.54, 1.807) is 18.2 Å². The van der Waals surface area contributed by atoms with Crippen molar-refractivity contribution in [3.63, 3.8) is 0 Å². The molecule has 2 bridgehead atoms. The van der Waals surface area contributed by atoms with Gasteiger partial charge in [0.1, 0.15) is 11.5 Å². The van der Waals surface area contributed by atoms with Gasteiger partial charge in [-0.05, 0) is 55.2 Å². The molecule has 0 aromatic heterocycles. The van der Waals surface area contributed by atoms with E-state index in [9.17, 15) is 10.2 Å². The van der Waals surface area contributed by atoms with E-state index in [2.05, 4.69) is 0 Å². The summed E-state index contributed by atoms with van der Waals surface area (Å²) in [7, 11) is 0. The van der Waals surface area contributed by atoms with Gasteiger partial charge in [-0.1, -0.05) is 6.42 Å². The Labute approximate surface area is 89.6 Å². The van der Waals surface area contributed by atoms with Crippen LogP contribution >= 0.6 is 0 Å². The van der Waals surface area contributed by atoms with E-state index in [0.717, 1.165) is 17.4 Å². The lowest BCUT2D eigenvalue weighted by molar-refractivity contribution is 0.393. The highest BCUT2D eigenvalue weighted by Crippen LogP contribution is 2.54. The molecule has 0 radical (unpaired) electrons. The van der Waals surface area contributed by atoms with E-state index in [1.165, 1.54) is 25.7 Å². The van der Waals surface area contributed by atoms with Crippen LogP contribution in [0.2, 0.25) is 0 Å². The molecule has 2 aliphatic carbocycles.